The SMILES string of the molecule is CCCCOCC1O[C@@H](c2cc(CC3Cc4ccccc4S3)c(Cl)cc2O)[C@H](OCCCC)[C@@H](OCCCC)[C@@H]1OCCCC. The molecule has 252 valence electrons. The molecular weight excluding hydrogens is 608 g/mol. The topological polar surface area (TPSA) is 66.4 Å². The maximum atomic E-state index is 11.4. The number of aromatic hydroxyl groups is 1. The van der Waals surface area contributed by atoms with Gasteiger partial charge >= 0.3 is 0 Å². The highest BCUT2D eigenvalue weighted by atomic mass is 35.5. The van der Waals surface area contributed by atoms with Crippen molar-refractivity contribution in [2.24, 2.45) is 0 Å². The van der Waals surface area contributed by atoms with Crippen LogP contribution >= 0.6 is 23.4 Å². The summed E-state index contributed by atoms with van der Waals surface area (Å²) in [5.74, 6) is 0.114. The fraction of sp³-hybridized carbons (Fsp3) is 0.676. The fourth-order valence-electron chi connectivity index (χ4n) is 6.03. The van der Waals surface area contributed by atoms with E-state index in [2.05, 4.69) is 52.0 Å². The minimum absolute atomic E-state index is 0.114. The van der Waals surface area contributed by atoms with Crippen LogP contribution in [-0.4, -0.2) is 67.8 Å². The average molecular weight is 663 g/mol. The first kappa shape index (κ1) is 36.5. The van der Waals surface area contributed by atoms with Crippen molar-refractivity contribution in [3.63, 3.8) is 0 Å². The van der Waals surface area contributed by atoms with E-state index < -0.39 is 12.2 Å². The second-order valence-electron chi connectivity index (χ2n) is 12.3. The van der Waals surface area contributed by atoms with Crippen molar-refractivity contribution in [2.45, 2.75) is 133 Å². The van der Waals surface area contributed by atoms with Crippen molar-refractivity contribution in [1.82, 2.24) is 0 Å². The lowest BCUT2D eigenvalue weighted by Crippen LogP contribution is -2.58. The van der Waals surface area contributed by atoms with Gasteiger partial charge in [0.05, 0.1) is 6.61 Å². The number of rotatable bonds is 20. The Morgan fingerprint density at radius 2 is 1.44 bits per heavy atom. The average Bonchev–Trinajstić information content (AvgIpc) is 3.45. The number of benzene rings is 2. The summed E-state index contributed by atoms with van der Waals surface area (Å²) in [6.45, 7) is 11.5. The van der Waals surface area contributed by atoms with Crippen LogP contribution in [0.4, 0.5) is 0 Å². The predicted molar refractivity (Wildman–Crippen MR) is 184 cm³/mol. The molecule has 0 aromatic heterocycles. The van der Waals surface area contributed by atoms with E-state index in [1.807, 2.05) is 17.8 Å². The van der Waals surface area contributed by atoms with E-state index >= 15 is 0 Å². The van der Waals surface area contributed by atoms with Gasteiger partial charge in [-0.2, -0.15) is 0 Å². The Morgan fingerprint density at radius 3 is 2.11 bits per heavy atom. The number of fused-ring (bicyclic) bond motifs is 1. The zero-order valence-corrected chi connectivity index (χ0v) is 29.4. The van der Waals surface area contributed by atoms with Crippen LogP contribution in [0, 0.1) is 0 Å². The Balaban J connectivity index is 1.67. The molecular formula is C37H55ClO6S. The van der Waals surface area contributed by atoms with Gasteiger partial charge in [-0.05, 0) is 67.9 Å². The lowest BCUT2D eigenvalue weighted by atomic mass is 9.88. The molecule has 4 rings (SSSR count). The molecule has 0 radical (unpaired) electrons. The number of halogens is 1. The summed E-state index contributed by atoms with van der Waals surface area (Å²) < 4.78 is 32.9. The van der Waals surface area contributed by atoms with Gasteiger partial charge in [0.1, 0.15) is 36.3 Å². The summed E-state index contributed by atoms with van der Waals surface area (Å²) in [6.07, 6.45) is 7.63. The van der Waals surface area contributed by atoms with E-state index in [4.69, 9.17) is 35.3 Å². The molecule has 0 aliphatic carbocycles. The van der Waals surface area contributed by atoms with Crippen LogP contribution in [0.15, 0.2) is 41.3 Å². The number of phenols is 1. The molecule has 45 heavy (non-hydrogen) atoms. The molecule has 0 amide bonds. The Morgan fingerprint density at radius 1 is 0.822 bits per heavy atom. The maximum Gasteiger partial charge on any atom is 0.122 e. The molecule has 1 saturated heterocycles. The molecule has 8 heteroatoms. The minimum Gasteiger partial charge on any atom is -0.508 e. The van der Waals surface area contributed by atoms with Crippen LogP contribution < -0.4 is 0 Å². The first-order chi connectivity index (χ1) is 22.0. The second-order valence-corrected chi connectivity index (χ2v) is 14.1. The standard InChI is InChI=1S/C37H55ClO6S/c1-5-9-17-40-25-32-35(41-18-10-6-2)37(43-20-12-8-4)36(42-19-11-7-3)34(44-32)29-23-27(30(38)24-31(29)39)22-28-21-26-15-13-14-16-33(26)45-28/h13-16,23-24,28,32,34-37,39H,5-12,17-22,25H2,1-4H3/t28?,32?,34-,35+,36-,37-/m0/s1. The molecule has 2 aliphatic heterocycles. The van der Waals surface area contributed by atoms with Gasteiger partial charge < -0.3 is 28.8 Å². The van der Waals surface area contributed by atoms with Crippen LogP contribution in [0.25, 0.3) is 0 Å². The van der Waals surface area contributed by atoms with E-state index in [0.29, 0.717) is 48.9 Å². The Bertz CT molecular complexity index is 1120. The molecule has 0 spiro atoms. The van der Waals surface area contributed by atoms with Crippen molar-refractivity contribution in [3.05, 3.63) is 58.1 Å². The van der Waals surface area contributed by atoms with Gasteiger partial charge in [0.2, 0.25) is 0 Å². The van der Waals surface area contributed by atoms with Crippen LogP contribution in [-0.2, 0) is 36.5 Å². The minimum atomic E-state index is -0.566. The van der Waals surface area contributed by atoms with Gasteiger partial charge in [0, 0.05) is 47.2 Å². The molecule has 2 aromatic rings. The number of hydrogen-bond acceptors (Lipinski definition) is 7. The zero-order valence-electron chi connectivity index (χ0n) is 27.8. The normalized spacial score (nSPS) is 24.6. The Hall–Kier alpha value is -1.32. The highest BCUT2D eigenvalue weighted by Gasteiger charge is 2.49. The van der Waals surface area contributed by atoms with Gasteiger partial charge in [-0.1, -0.05) is 83.2 Å². The zero-order chi connectivity index (χ0) is 32.0. The number of ether oxygens (including phenoxy) is 5. The van der Waals surface area contributed by atoms with Crippen molar-refractivity contribution in [3.8, 4) is 5.75 Å². The third-order valence-corrected chi connectivity index (χ3v) is 10.3. The molecule has 2 aliphatic rings. The number of phenolic OH excluding ortho intramolecular Hbond substituents is 1. The molecule has 6 nitrogen and oxygen atoms in total. The van der Waals surface area contributed by atoms with Crippen LogP contribution in [0.1, 0.15) is 102 Å². The van der Waals surface area contributed by atoms with Crippen LogP contribution in [0.3, 0.4) is 0 Å². The number of hydrogen-bond donors (Lipinski definition) is 1. The molecule has 1 fully saturated rings. The summed E-state index contributed by atoms with van der Waals surface area (Å²) in [5.41, 5.74) is 3.08. The highest BCUT2D eigenvalue weighted by molar-refractivity contribution is 8.00. The third-order valence-electron chi connectivity index (χ3n) is 8.65. The van der Waals surface area contributed by atoms with Gasteiger partial charge in [-0.3, -0.25) is 0 Å². The Labute approximate surface area is 280 Å². The van der Waals surface area contributed by atoms with E-state index in [9.17, 15) is 5.11 Å². The number of unbranched alkanes of at least 4 members (excludes halogenated alkanes) is 4. The lowest BCUT2D eigenvalue weighted by Gasteiger charge is -2.46. The van der Waals surface area contributed by atoms with Crippen molar-refractivity contribution < 1.29 is 28.8 Å². The molecule has 2 aromatic carbocycles. The fourth-order valence-corrected chi connectivity index (χ4v) is 7.61. The van der Waals surface area contributed by atoms with E-state index in [1.54, 1.807) is 6.07 Å². The molecule has 0 saturated carbocycles. The molecule has 6 atom stereocenters. The van der Waals surface area contributed by atoms with E-state index in [0.717, 1.165) is 69.8 Å². The second kappa shape index (κ2) is 19.5. The third kappa shape index (κ3) is 10.3. The van der Waals surface area contributed by atoms with Gasteiger partial charge in [-0.15, -0.1) is 11.8 Å². The molecule has 0 bridgehead atoms. The van der Waals surface area contributed by atoms with Gasteiger partial charge in [0.25, 0.3) is 0 Å². The summed E-state index contributed by atoms with van der Waals surface area (Å²) in [4.78, 5) is 1.34. The van der Waals surface area contributed by atoms with E-state index in [1.165, 1.54) is 10.5 Å². The van der Waals surface area contributed by atoms with Crippen molar-refractivity contribution >= 4 is 23.4 Å². The quantitative estimate of drug-likeness (QED) is 0.142. The maximum absolute atomic E-state index is 11.4. The number of thioether (sulfide) groups is 1. The van der Waals surface area contributed by atoms with Crippen LogP contribution in [0.2, 0.25) is 5.02 Å². The van der Waals surface area contributed by atoms with Crippen LogP contribution in [0.5, 0.6) is 5.75 Å². The Kier molecular flexibility index (Phi) is 15.8. The van der Waals surface area contributed by atoms with Crippen molar-refractivity contribution in [2.75, 3.05) is 33.0 Å². The largest absolute Gasteiger partial charge is 0.508 e. The van der Waals surface area contributed by atoms with Crippen molar-refractivity contribution in [1.29, 1.82) is 0 Å². The summed E-state index contributed by atoms with van der Waals surface area (Å²) >= 11 is 8.70. The highest BCUT2D eigenvalue weighted by Crippen LogP contribution is 2.44. The lowest BCUT2D eigenvalue weighted by molar-refractivity contribution is -0.268. The van der Waals surface area contributed by atoms with Gasteiger partial charge in [0.15, 0.2) is 0 Å². The molecule has 2 unspecified atom stereocenters. The summed E-state index contributed by atoms with van der Waals surface area (Å²) in [7, 11) is 0. The predicted octanol–water partition coefficient (Wildman–Crippen LogP) is 9.12. The summed E-state index contributed by atoms with van der Waals surface area (Å²) in [5, 5.41) is 12.4. The molecule has 2 heterocycles. The first-order valence-corrected chi connectivity index (χ1v) is 18.6. The van der Waals surface area contributed by atoms with E-state index in [-0.39, 0.29) is 24.1 Å². The summed E-state index contributed by atoms with van der Waals surface area (Å²) in [6, 6.07) is 12.3. The molecule has 1 N–H and O–H groups in total. The monoisotopic (exact) mass is 662 g/mol. The van der Waals surface area contributed by atoms with Gasteiger partial charge in [-0.25, -0.2) is 0 Å². The first-order valence-electron chi connectivity index (χ1n) is 17.3. The smallest absolute Gasteiger partial charge is 0.122 e.